The fourth-order valence-electron chi connectivity index (χ4n) is 6.08. The van der Waals surface area contributed by atoms with Crippen LogP contribution >= 0.6 is 0 Å². The Morgan fingerprint density at radius 2 is 1.89 bits per heavy atom. The van der Waals surface area contributed by atoms with Crippen molar-refractivity contribution in [1.29, 1.82) is 0 Å². The molecule has 2 aromatic carbocycles. The number of carbonyl (C=O) groups excluding carboxylic acids is 1. The monoisotopic (exact) mass is 477 g/mol. The van der Waals surface area contributed by atoms with E-state index >= 15 is 0 Å². The largest absolute Gasteiger partial charge is 0.488 e. The first-order chi connectivity index (χ1) is 17.0. The van der Waals surface area contributed by atoms with Gasteiger partial charge in [-0.2, -0.15) is 0 Å². The Morgan fingerprint density at radius 3 is 2.66 bits per heavy atom. The SMILES string of the molecule is C[C@@H]1CN(C[C@H](O)CN2CCc3ccccc3C2)C(=O)c2ccc(CN3CC4(COC4)C3)cc2O1. The van der Waals surface area contributed by atoms with Crippen LogP contribution in [0.2, 0.25) is 0 Å². The van der Waals surface area contributed by atoms with Gasteiger partial charge in [-0.05, 0) is 42.2 Å². The van der Waals surface area contributed by atoms with Gasteiger partial charge in [-0.25, -0.2) is 0 Å². The minimum Gasteiger partial charge on any atom is -0.488 e. The van der Waals surface area contributed by atoms with Crippen molar-refractivity contribution in [2.75, 3.05) is 52.5 Å². The first kappa shape index (κ1) is 23.0. The zero-order valence-corrected chi connectivity index (χ0v) is 20.5. The van der Waals surface area contributed by atoms with Gasteiger partial charge in [0.15, 0.2) is 0 Å². The average molecular weight is 478 g/mol. The molecular formula is C28H35N3O4. The van der Waals surface area contributed by atoms with Crippen molar-refractivity contribution < 1.29 is 19.4 Å². The van der Waals surface area contributed by atoms with Gasteiger partial charge in [0.25, 0.3) is 5.91 Å². The molecular weight excluding hydrogens is 442 g/mol. The number of β-amino-alcohol motifs (C(OH)–C–C–N with tert-alkyl or cyclic N) is 1. The number of hydrogen-bond acceptors (Lipinski definition) is 6. The van der Waals surface area contributed by atoms with Crippen LogP contribution in [0.3, 0.4) is 0 Å². The van der Waals surface area contributed by atoms with Crippen LogP contribution in [0.15, 0.2) is 42.5 Å². The van der Waals surface area contributed by atoms with Crippen molar-refractivity contribution in [3.8, 4) is 5.75 Å². The summed E-state index contributed by atoms with van der Waals surface area (Å²) in [6, 6.07) is 14.5. The summed E-state index contributed by atoms with van der Waals surface area (Å²) in [7, 11) is 0. The van der Waals surface area contributed by atoms with Crippen LogP contribution in [0.4, 0.5) is 0 Å². The number of rotatable bonds is 6. The molecule has 7 nitrogen and oxygen atoms in total. The Hall–Kier alpha value is -2.45. The highest BCUT2D eigenvalue weighted by Gasteiger charge is 2.48. The number of aliphatic hydroxyl groups is 1. The Bertz CT molecular complexity index is 1090. The molecule has 4 heterocycles. The second-order valence-electron chi connectivity index (χ2n) is 11.0. The molecule has 0 saturated carbocycles. The summed E-state index contributed by atoms with van der Waals surface area (Å²) in [5.41, 5.74) is 4.87. The van der Waals surface area contributed by atoms with E-state index in [0.717, 1.165) is 57.9 Å². The van der Waals surface area contributed by atoms with Gasteiger partial charge >= 0.3 is 0 Å². The van der Waals surface area contributed by atoms with Crippen LogP contribution in [0, 0.1) is 5.41 Å². The minimum atomic E-state index is -0.605. The topological polar surface area (TPSA) is 65.5 Å². The number of ether oxygens (including phenoxy) is 2. The maximum atomic E-state index is 13.4. The van der Waals surface area contributed by atoms with E-state index in [2.05, 4.69) is 34.1 Å². The van der Waals surface area contributed by atoms with Crippen LogP contribution in [0.25, 0.3) is 0 Å². The van der Waals surface area contributed by atoms with Crippen LogP contribution in [0.1, 0.15) is 34.0 Å². The summed E-state index contributed by atoms with van der Waals surface area (Å²) < 4.78 is 11.6. The number of amides is 1. The molecule has 1 N–H and O–H groups in total. The summed E-state index contributed by atoms with van der Waals surface area (Å²) in [5.74, 6) is 0.598. The molecule has 1 spiro atoms. The second-order valence-corrected chi connectivity index (χ2v) is 11.0. The lowest BCUT2D eigenvalue weighted by Crippen LogP contribution is -2.65. The molecule has 0 bridgehead atoms. The Labute approximate surface area is 207 Å². The first-order valence-corrected chi connectivity index (χ1v) is 12.8. The smallest absolute Gasteiger partial charge is 0.257 e. The molecule has 0 unspecified atom stereocenters. The van der Waals surface area contributed by atoms with E-state index in [4.69, 9.17) is 9.47 Å². The van der Waals surface area contributed by atoms with E-state index in [0.29, 0.717) is 36.4 Å². The molecule has 186 valence electrons. The first-order valence-electron chi connectivity index (χ1n) is 12.8. The summed E-state index contributed by atoms with van der Waals surface area (Å²) in [6.07, 6.45) is 0.258. The van der Waals surface area contributed by atoms with Crippen molar-refractivity contribution in [2.24, 2.45) is 5.41 Å². The van der Waals surface area contributed by atoms with E-state index in [1.807, 2.05) is 25.1 Å². The van der Waals surface area contributed by atoms with Crippen LogP contribution in [-0.2, 0) is 24.2 Å². The summed E-state index contributed by atoms with van der Waals surface area (Å²) in [5, 5.41) is 10.9. The molecule has 7 heteroatoms. The number of benzene rings is 2. The van der Waals surface area contributed by atoms with E-state index in [9.17, 15) is 9.90 Å². The maximum Gasteiger partial charge on any atom is 0.257 e. The molecule has 0 aromatic heterocycles. The highest BCUT2D eigenvalue weighted by molar-refractivity contribution is 5.97. The van der Waals surface area contributed by atoms with E-state index in [-0.39, 0.29) is 12.0 Å². The number of carbonyl (C=O) groups is 1. The lowest BCUT2D eigenvalue weighted by Gasteiger charge is -2.55. The second kappa shape index (κ2) is 9.21. The van der Waals surface area contributed by atoms with Crippen LogP contribution < -0.4 is 4.74 Å². The molecule has 2 saturated heterocycles. The van der Waals surface area contributed by atoms with Gasteiger partial charge in [0, 0.05) is 51.2 Å². The molecule has 6 rings (SSSR count). The van der Waals surface area contributed by atoms with E-state index < -0.39 is 6.10 Å². The molecule has 2 atom stereocenters. The molecule has 0 aliphatic carbocycles. The number of nitrogens with zero attached hydrogens (tertiary/aromatic N) is 3. The number of fused-ring (bicyclic) bond motifs is 2. The third-order valence-electron chi connectivity index (χ3n) is 7.82. The minimum absolute atomic E-state index is 0.0616. The normalized spacial score (nSPS) is 24.6. The number of likely N-dealkylation sites (tertiary alicyclic amines) is 1. The predicted molar refractivity (Wildman–Crippen MR) is 132 cm³/mol. The zero-order chi connectivity index (χ0) is 24.0. The van der Waals surface area contributed by atoms with Gasteiger partial charge in [0.2, 0.25) is 0 Å². The molecule has 35 heavy (non-hydrogen) atoms. The van der Waals surface area contributed by atoms with Crippen molar-refractivity contribution >= 4 is 5.91 Å². The zero-order valence-electron chi connectivity index (χ0n) is 20.5. The Morgan fingerprint density at radius 1 is 1.09 bits per heavy atom. The van der Waals surface area contributed by atoms with Crippen molar-refractivity contribution in [2.45, 2.75) is 38.6 Å². The molecule has 1 amide bonds. The summed E-state index contributed by atoms with van der Waals surface area (Å²) >= 11 is 0. The summed E-state index contributed by atoms with van der Waals surface area (Å²) in [4.78, 5) is 19.9. The third-order valence-corrected chi connectivity index (χ3v) is 7.82. The fourth-order valence-corrected chi connectivity index (χ4v) is 6.08. The van der Waals surface area contributed by atoms with Gasteiger partial charge in [0.1, 0.15) is 11.9 Å². The maximum absolute atomic E-state index is 13.4. The lowest BCUT2D eigenvalue weighted by atomic mass is 9.78. The van der Waals surface area contributed by atoms with Gasteiger partial charge in [-0.1, -0.05) is 30.3 Å². The summed E-state index contributed by atoms with van der Waals surface area (Å²) in [6.45, 7) is 9.89. The van der Waals surface area contributed by atoms with Crippen molar-refractivity contribution in [3.63, 3.8) is 0 Å². The van der Waals surface area contributed by atoms with Crippen LogP contribution in [-0.4, -0.2) is 90.4 Å². The van der Waals surface area contributed by atoms with Crippen LogP contribution in [0.5, 0.6) is 5.75 Å². The van der Waals surface area contributed by atoms with Crippen molar-refractivity contribution in [1.82, 2.24) is 14.7 Å². The average Bonchev–Trinajstić information content (AvgIpc) is 2.90. The third kappa shape index (κ3) is 4.70. The van der Waals surface area contributed by atoms with Gasteiger partial charge in [-0.3, -0.25) is 14.6 Å². The molecule has 4 aliphatic rings. The van der Waals surface area contributed by atoms with Gasteiger partial charge in [0.05, 0.1) is 31.4 Å². The highest BCUT2D eigenvalue weighted by atomic mass is 16.5. The Balaban J connectivity index is 1.08. The van der Waals surface area contributed by atoms with E-state index in [1.165, 1.54) is 11.1 Å². The molecule has 0 radical (unpaired) electrons. The molecule has 4 aliphatic heterocycles. The van der Waals surface area contributed by atoms with Crippen molar-refractivity contribution in [3.05, 3.63) is 64.7 Å². The number of hydrogen-bond donors (Lipinski definition) is 1. The standard InChI is InChI=1S/C28H35N3O4/c1-20-11-31(15-24(32)14-29-9-8-22-4-2-3-5-23(22)13-29)27(33)25-7-6-21(10-26(25)35-20)12-30-16-28(17-30)18-34-19-28/h2-7,10,20,24,32H,8-9,11-19H2,1H3/t20-,24-/m1/s1. The number of aliphatic hydroxyl groups excluding tert-OH is 1. The molecule has 2 fully saturated rings. The van der Waals surface area contributed by atoms with E-state index in [1.54, 1.807) is 4.90 Å². The predicted octanol–water partition coefficient (Wildman–Crippen LogP) is 2.16. The molecule has 2 aromatic rings. The van der Waals surface area contributed by atoms with Gasteiger partial charge < -0.3 is 19.5 Å². The quantitative estimate of drug-likeness (QED) is 0.688. The highest BCUT2D eigenvalue weighted by Crippen LogP contribution is 2.38. The fraction of sp³-hybridized carbons (Fsp3) is 0.536. The lowest BCUT2D eigenvalue weighted by molar-refractivity contribution is -0.191. The van der Waals surface area contributed by atoms with Gasteiger partial charge in [-0.15, -0.1) is 0 Å². The Kier molecular flexibility index (Phi) is 6.05.